The van der Waals surface area contributed by atoms with Gasteiger partial charge in [0, 0.05) is 6.20 Å². The first-order valence-electron chi connectivity index (χ1n) is 8.57. The summed E-state index contributed by atoms with van der Waals surface area (Å²) in [4.78, 5) is 12.2. The zero-order valence-electron chi connectivity index (χ0n) is 15.7. The molecule has 0 aliphatic heterocycles. The first-order chi connectivity index (χ1) is 12.3. The molecular weight excluding hydrogens is 334 g/mol. The van der Waals surface area contributed by atoms with Crippen LogP contribution in [0.1, 0.15) is 38.1 Å². The molecule has 0 spiro atoms. The summed E-state index contributed by atoms with van der Waals surface area (Å²) in [6.07, 6.45) is 1.84. The molecule has 2 rings (SSSR count). The Labute approximate surface area is 153 Å². The van der Waals surface area contributed by atoms with E-state index in [1.165, 1.54) is 0 Å². The van der Waals surface area contributed by atoms with Gasteiger partial charge < -0.3 is 19.9 Å². The fraction of sp³-hybridized carbons (Fsp3) is 0.474. The van der Waals surface area contributed by atoms with Crippen molar-refractivity contribution in [3.05, 3.63) is 47.8 Å². The quantitative estimate of drug-likeness (QED) is 0.792. The third-order valence-electron chi connectivity index (χ3n) is 3.64. The average Bonchev–Trinajstić information content (AvgIpc) is 3.02. The molecule has 26 heavy (non-hydrogen) atoms. The first kappa shape index (κ1) is 19.8. The molecule has 142 valence electrons. The zero-order chi connectivity index (χ0) is 19.2. The summed E-state index contributed by atoms with van der Waals surface area (Å²) in [7, 11) is 1.62. The second kappa shape index (κ2) is 8.71. The number of carbonyl (C=O) groups is 1. The summed E-state index contributed by atoms with van der Waals surface area (Å²) in [6, 6.07) is 9.15. The molecule has 1 atom stereocenters. The van der Waals surface area contributed by atoms with Crippen LogP contribution in [0, 0.1) is 0 Å². The summed E-state index contributed by atoms with van der Waals surface area (Å²) in [5.41, 5.74) is 1.16. The van der Waals surface area contributed by atoms with Crippen LogP contribution in [0.5, 0.6) is 5.75 Å². The number of nitrogens with zero attached hydrogens (tertiary/aromatic N) is 2. The van der Waals surface area contributed by atoms with Crippen LogP contribution in [0.4, 0.5) is 4.79 Å². The maximum atomic E-state index is 12.2. The highest BCUT2D eigenvalue weighted by Gasteiger charge is 2.22. The van der Waals surface area contributed by atoms with Gasteiger partial charge in [-0.05, 0) is 51.0 Å². The molecule has 0 radical (unpaired) electrons. The molecule has 2 N–H and O–H groups in total. The Bertz CT molecular complexity index is 704. The number of benzene rings is 1. The second-order valence-corrected chi connectivity index (χ2v) is 6.98. The van der Waals surface area contributed by atoms with Gasteiger partial charge in [0.05, 0.1) is 32.0 Å². The number of alkyl carbamates (subject to hydrolysis) is 1. The van der Waals surface area contributed by atoms with Crippen molar-refractivity contribution in [1.29, 1.82) is 0 Å². The van der Waals surface area contributed by atoms with Crippen molar-refractivity contribution in [3.8, 4) is 5.75 Å². The van der Waals surface area contributed by atoms with Crippen molar-refractivity contribution in [1.82, 2.24) is 15.1 Å². The maximum absolute atomic E-state index is 12.2. The lowest BCUT2D eigenvalue weighted by Crippen LogP contribution is -2.36. The molecule has 7 nitrogen and oxygen atoms in total. The number of hydrogen-bond donors (Lipinski definition) is 2. The normalized spacial score (nSPS) is 12.5. The predicted octanol–water partition coefficient (Wildman–Crippen LogP) is 2.69. The van der Waals surface area contributed by atoms with E-state index in [-0.39, 0.29) is 12.6 Å². The molecule has 1 heterocycles. The number of aromatic nitrogens is 2. The predicted molar refractivity (Wildman–Crippen MR) is 98.1 cm³/mol. The van der Waals surface area contributed by atoms with Gasteiger partial charge in [-0.25, -0.2) is 4.79 Å². The maximum Gasteiger partial charge on any atom is 0.408 e. The van der Waals surface area contributed by atoms with Crippen LogP contribution in [0.2, 0.25) is 0 Å². The molecule has 0 fully saturated rings. The Kier molecular flexibility index (Phi) is 6.63. The lowest BCUT2D eigenvalue weighted by atomic mass is 10.0. The standard InChI is InChI=1S/C19H27N3O4/c1-19(2,3)26-18(24)20-17(16-9-10-22(21-16)11-12-23)13-14-5-7-15(25-4)8-6-14/h5-10,17,23H,11-13H2,1-4H3,(H,20,24)/t17-/m0/s1. The van der Waals surface area contributed by atoms with E-state index in [1.54, 1.807) is 18.0 Å². The number of aliphatic hydroxyl groups excluding tert-OH is 1. The molecule has 0 saturated carbocycles. The van der Waals surface area contributed by atoms with Gasteiger partial charge in [0.2, 0.25) is 0 Å². The highest BCUT2D eigenvalue weighted by molar-refractivity contribution is 5.68. The van der Waals surface area contributed by atoms with Gasteiger partial charge in [0.15, 0.2) is 0 Å². The van der Waals surface area contributed by atoms with Crippen molar-refractivity contribution < 1.29 is 19.4 Å². The van der Waals surface area contributed by atoms with E-state index in [1.807, 2.05) is 51.1 Å². The molecule has 1 aromatic carbocycles. The zero-order valence-corrected chi connectivity index (χ0v) is 15.7. The summed E-state index contributed by atoms with van der Waals surface area (Å²) in [5, 5.41) is 16.4. The Balaban J connectivity index is 2.17. The van der Waals surface area contributed by atoms with Gasteiger partial charge in [-0.15, -0.1) is 0 Å². The summed E-state index contributed by atoms with van der Waals surface area (Å²) in [6.45, 7) is 5.87. The minimum atomic E-state index is -0.578. The highest BCUT2D eigenvalue weighted by atomic mass is 16.6. The molecule has 1 aromatic heterocycles. The van der Waals surface area contributed by atoms with Crippen molar-refractivity contribution in [2.45, 2.75) is 45.4 Å². The number of nitrogens with one attached hydrogen (secondary N) is 1. The molecule has 7 heteroatoms. The molecule has 0 unspecified atom stereocenters. The van der Waals surface area contributed by atoms with Crippen LogP contribution in [0.25, 0.3) is 0 Å². The van der Waals surface area contributed by atoms with Gasteiger partial charge >= 0.3 is 6.09 Å². The summed E-state index contributed by atoms with van der Waals surface area (Å²) < 4.78 is 12.2. The molecular formula is C19H27N3O4. The van der Waals surface area contributed by atoms with E-state index in [0.717, 1.165) is 11.3 Å². The van der Waals surface area contributed by atoms with Gasteiger partial charge in [-0.3, -0.25) is 4.68 Å². The minimum absolute atomic E-state index is 0.00373. The largest absolute Gasteiger partial charge is 0.497 e. The Morgan fingerprint density at radius 1 is 1.27 bits per heavy atom. The van der Waals surface area contributed by atoms with Crippen LogP contribution >= 0.6 is 0 Å². The van der Waals surface area contributed by atoms with E-state index < -0.39 is 11.7 Å². The molecule has 0 bridgehead atoms. The van der Waals surface area contributed by atoms with E-state index in [2.05, 4.69) is 10.4 Å². The van der Waals surface area contributed by atoms with E-state index in [4.69, 9.17) is 14.6 Å². The van der Waals surface area contributed by atoms with E-state index >= 15 is 0 Å². The van der Waals surface area contributed by atoms with Gasteiger partial charge in [-0.2, -0.15) is 5.10 Å². The van der Waals surface area contributed by atoms with Crippen LogP contribution in [-0.2, 0) is 17.7 Å². The molecule has 2 aromatic rings. The number of hydrogen-bond acceptors (Lipinski definition) is 5. The van der Waals surface area contributed by atoms with Gasteiger partial charge in [0.25, 0.3) is 0 Å². The highest BCUT2D eigenvalue weighted by Crippen LogP contribution is 2.20. The third-order valence-corrected chi connectivity index (χ3v) is 3.64. The van der Waals surface area contributed by atoms with Gasteiger partial charge in [-0.1, -0.05) is 12.1 Å². The molecule has 0 aliphatic rings. The minimum Gasteiger partial charge on any atom is -0.497 e. The lowest BCUT2D eigenvalue weighted by Gasteiger charge is -2.23. The monoisotopic (exact) mass is 361 g/mol. The van der Waals surface area contributed by atoms with Crippen LogP contribution < -0.4 is 10.1 Å². The second-order valence-electron chi connectivity index (χ2n) is 6.98. The van der Waals surface area contributed by atoms with Crippen molar-refractivity contribution in [2.24, 2.45) is 0 Å². The SMILES string of the molecule is COc1ccc(C[C@H](NC(=O)OC(C)(C)C)c2ccn(CCO)n2)cc1. The van der Waals surface area contributed by atoms with Crippen molar-refractivity contribution >= 4 is 6.09 Å². The summed E-state index contributed by atoms with van der Waals surface area (Å²) in [5.74, 6) is 0.776. The lowest BCUT2D eigenvalue weighted by molar-refractivity contribution is 0.0502. The molecule has 1 amide bonds. The van der Waals surface area contributed by atoms with E-state index in [9.17, 15) is 4.79 Å². The first-order valence-corrected chi connectivity index (χ1v) is 8.57. The topological polar surface area (TPSA) is 85.6 Å². The fourth-order valence-corrected chi connectivity index (χ4v) is 2.47. The number of ether oxygens (including phenoxy) is 2. The van der Waals surface area contributed by atoms with Crippen LogP contribution in [0.3, 0.4) is 0 Å². The Morgan fingerprint density at radius 3 is 2.54 bits per heavy atom. The number of rotatable bonds is 7. The fourth-order valence-electron chi connectivity index (χ4n) is 2.47. The van der Waals surface area contributed by atoms with Gasteiger partial charge in [0.1, 0.15) is 11.4 Å². The van der Waals surface area contributed by atoms with Crippen molar-refractivity contribution in [2.75, 3.05) is 13.7 Å². The molecule has 0 saturated heterocycles. The van der Waals surface area contributed by atoms with Crippen LogP contribution in [-0.4, -0.2) is 40.3 Å². The number of carbonyl (C=O) groups excluding carboxylic acids is 1. The Morgan fingerprint density at radius 2 is 1.96 bits per heavy atom. The average molecular weight is 361 g/mol. The third kappa shape index (κ3) is 6.07. The number of methoxy groups -OCH3 is 1. The summed E-state index contributed by atoms with van der Waals surface area (Å²) >= 11 is 0. The van der Waals surface area contributed by atoms with E-state index in [0.29, 0.717) is 18.7 Å². The number of aliphatic hydroxyl groups is 1. The smallest absolute Gasteiger partial charge is 0.408 e. The molecule has 0 aliphatic carbocycles. The van der Waals surface area contributed by atoms with Crippen LogP contribution in [0.15, 0.2) is 36.5 Å². The Hall–Kier alpha value is -2.54. The van der Waals surface area contributed by atoms with Crippen molar-refractivity contribution in [3.63, 3.8) is 0 Å². The number of amides is 1.